The topological polar surface area (TPSA) is 21.3 Å². The molecule has 3 unspecified atom stereocenters. The summed E-state index contributed by atoms with van der Waals surface area (Å²) in [6, 6.07) is 7.50. The minimum absolute atomic E-state index is 0.00509. The highest BCUT2D eigenvalue weighted by molar-refractivity contribution is 5.35. The van der Waals surface area contributed by atoms with Crippen LogP contribution in [0, 0.1) is 5.92 Å². The normalized spacial score (nSPS) is 24.6. The van der Waals surface area contributed by atoms with E-state index in [9.17, 15) is 8.78 Å². The number of nitrogens with one attached hydrogen (secondary N) is 1. The zero-order valence-electron chi connectivity index (χ0n) is 12.8. The lowest BCUT2D eigenvalue weighted by molar-refractivity contribution is -0.0507. The third kappa shape index (κ3) is 4.67. The number of benzene rings is 1. The van der Waals surface area contributed by atoms with E-state index in [-0.39, 0.29) is 11.8 Å². The molecular weight excluding hydrogens is 272 g/mol. The molecule has 2 nitrogen and oxygen atoms in total. The van der Waals surface area contributed by atoms with Crippen molar-refractivity contribution in [3.63, 3.8) is 0 Å². The van der Waals surface area contributed by atoms with Gasteiger partial charge in [0.2, 0.25) is 0 Å². The van der Waals surface area contributed by atoms with E-state index in [2.05, 4.69) is 17.0 Å². The average Bonchev–Trinajstić information content (AvgIpc) is 2.64. The van der Waals surface area contributed by atoms with E-state index in [0.29, 0.717) is 12.0 Å². The van der Waals surface area contributed by atoms with Crippen molar-refractivity contribution >= 4 is 0 Å². The van der Waals surface area contributed by atoms with Crippen LogP contribution in [0.15, 0.2) is 24.3 Å². The van der Waals surface area contributed by atoms with Gasteiger partial charge in [-0.15, -0.1) is 0 Å². The van der Waals surface area contributed by atoms with Gasteiger partial charge >= 0.3 is 6.61 Å². The van der Waals surface area contributed by atoms with Crippen LogP contribution in [0.1, 0.15) is 57.6 Å². The van der Waals surface area contributed by atoms with Gasteiger partial charge in [-0.05, 0) is 31.7 Å². The van der Waals surface area contributed by atoms with E-state index < -0.39 is 6.61 Å². The first kappa shape index (κ1) is 16.2. The lowest BCUT2D eigenvalue weighted by Crippen LogP contribution is -2.36. The number of halogens is 2. The highest BCUT2D eigenvalue weighted by Crippen LogP contribution is 2.29. The Labute approximate surface area is 125 Å². The van der Waals surface area contributed by atoms with E-state index in [1.807, 2.05) is 19.1 Å². The zero-order chi connectivity index (χ0) is 15.2. The summed E-state index contributed by atoms with van der Waals surface area (Å²) in [5.41, 5.74) is 0.800. The molecule has 1 aliphatic carbocycles. The molecule has 1 fully saturated rings. The van der Waals surface area contributed by atoms with Crippen LogP contribution in [0.25, 0.3) is 0 Å². The van der Waals surface area contributed by atoms with Gasteiger partial charge in [-0.3, -0.25) is 0 Å². The Balaban J connectivity index is 2.06. The Hall–Kier alpha value is -1.16. The number of para-hydroxylation sites is 1. The second-order valence-corrected chi connectivity index (χ2v) is 6.03. The fourth-order valence-electron chi connectivity index (χ4n) is 3.19. The molecule has 3 atom stereocenters. The van der Waals surface area contributed by atoms with Crippen LogP contribution in [0.2, 0.25) is 0 Å². The fraction of sp³-hybridized carbons (Fsp3) is 0.647. The number of rotatable bonds is 5. The number of hydrogen-bond acceptors (Lipinski definition) is 2. The van der Waals surface area contributed by atoms with Gasteiger partial charge in [0.1, 0.15) is 5.75 Å². The second kappa shape index (κ2) is 7.74. The van der Waals surface area contributed by atoms with E-state index in [1.54, 1.807) is 12.1 Å². The van der Waals surface area contributed by atoms with Crippen LogP contribution in [-0.4, -0.2) is 12.7 Å². The van der Waals surface area contributed by atoms with Crippen molar-refractivity contribution in [3.8, 4) is 5.75 Å². The van der Waals surface area contributed by atoms with Gasteiger partial charge in [-0.2, -0.15) is 8.78 Å². The largest absolute Gasteiger partial charge is 0.434 e. The Morgan fingerprint density at radius 2 is 1.86 bits per heavy atom. The third-order valence-corrected chi connectivity index (χ3v) is 4.43. The summed E-state index contributed by atoms with van der Waals surface area (Å²) < 4.78 is 29.6. The Kier molecular flexibility index (Phi) is 5.97. The number of hydrogen-bond donors (Lipinski definition) is 1. The molecule has 0 bridgehead atoms. The summed E-state index contributed by atoms with van der Waals surface area (Å²) in [4.78, 5) is 0. The van der Waals surface area contributed by atoms with Crippen LogP contribution in [0.5, 0.6) is 5.75 Å². The van der Waals surface area contributed by atoms with Crippen molar-refractivity contribution in [3.05, 3.63) is 29.8 Å². The van der Waals surface area contributed by atoms with Crippen LogP contribution in [0.4, 0.5) is 8.78 Å². The van der Waals surface area contributed by atoms with Gasteiger partial charge in [0.25, 0.3) is 0 Å². The monoisotopic (exact) mass is 297 g/mol. The maximum Gasteiger partial charge on any atom is 0.387 e. The smallest absolute Gasteiger partial charge is 0.387 e. The molecular formula is C17H25F2NO. The van der Waals surface area contributed by atoms with Crippen LogP contribution in [-0.2, 0) is 0 Å². The van der Waals surface area contributed by atoms with Gasteiger partial charge in [0.15, 0.2) is 0 Å². The van der Waals surface area contributed by atoms with Gasteiger partial charge < -0.3 is 10.1 Å². The summed E-state index contributed by atoms with van der Waals surface area (Å²) in [5, 5.41) is 3.61. The van der Waals surface area contributed by atoms with E-state index in [0.717, 1.165) is 12.0 Å². The number of ether oxygens (including phenoxy) is 1. The quantitative estimate of drug-likeness (QED) is 0.780. The molecule has 0 spiro atoms. The maximum absolute atomic E-state index is 12.5. The van der Waals surface area contributed by atoms with Crippen molar-refractivity contribution in [2.75, 3.05) is 0 Å². The fourth-order valence-corrected chi connectivity index (χ4v) is 3.19. The highest BCUT2D eigenvalue weighted by Gasteiger charge is 2.23. The average molecular weight is 297 g/mol. The Morgan fingerprint density at radius 3 is 2.62 bits per heavy atom. The summed E-state index contributed by atoms with van der Waals surface area (Å²) >= 11 is 0. The summed E-state index contributed by atoms with van der Waals surface area (Å²) in [5.74, 6) is 0.895. The van der Waals surface area contributed by atoms with Crippen molar-refractivity contribution < 1.29 is 13.5 Å². The van der Waals surface area contributed by atoms with Gasteiger partial charge in [-0.1, -0.05) is 44.4 Å². The Morgan fingerprint density at radius 1 is 1.14 bits per heavy atom. The zero-order valence-corrected chi connectivity index (χ0v) is 12.8. The first-order chi connectivity index (χ1) is 10.1. The van der Waals surface area contributed by atoms with Crippen LogP contribution in [0.3, 0.4) is 0 Å². The SMILES string of the molecule is CC(NC1CCCCCC1C)c1ccccc1OC(F)F. The van der Waals surface area contributed by atoms with Gasteiger partial charge in [0, 0.05) is 17.6 Å². The number of alkyl halides is 2. The molecule has 1 aliphatic rings. The molecule has 118 valence electrons. The predicted octanol–water partition coefficient (Wildman–Crippen LogP) is 4.91. The first-order valence-electron chi connectivity index (χ1n) is 7.87. The van der Waals surface area contributed by atoms with E-state index in [1.165, 1.54) is 25.7 Å². The molecule has 1 saturated carbocycles. The molecule has 1 N–H and O–H groups in total. The van der Waals surface area contributed by atoms with Gasteiger partial charge in [-0.25, -0.2) is 0 Å². The molecule has 0 aliphatic heterocycles. The van der Waals surface area contributed by atoms with Crippen molar-refractivity contribution in [1.29, 1.82) is 0 Å². The molecule has 2 rings (SSSR count). The standard InChI is InChI=1S/C17H25F2NO/c1-12-8-4-3-5-10-15(12)20-13(2)14-9-6-7-11-16(14)21-17(18)19/h6-7,9,11-13,15,17,20H,3-5,8,10H2,1-2H3. The summed E-state index contributed by atoms with van der Waals surface area (Å²) in [6.45, 7) is 1.51. The van der Waals surface area contributed by atoms with Crippen LogP contribution >= 0.6 is 0 Å². The molecule has 4 heteroatoms. The first-order valence-corrected chi connectivity index (χ1v) is 7.87. The summed E-state index contributed by atoms with van der Waals surface area (Å²) in [6.07, 6.45) is 6.22. The molecule has 21 heavy (non-hydrogen) atoms. The molecule has 0 amide bonds. The van der Waals surface area contributed by atoms with Gasteiger partial charge in [0.05, 0.1) is 0 Å². The lowest BCUT2D eigenvalue weighted by Gasteiger charge is -2.28. The molecule has 0 radical (unpaired) electrons. The highest BCUT2D eigenvalue weighted by atomic mass is 19.3. The van der Waals surface area contributed by atoms with Crippen LogP contribution < -0.4 is 10.1 Å². The second-order valence-electron chi connectivity index (χ2n) is 6.03. The van der Waals surface area contributed by atoms with Crippen molar-refractivity contribution in [2.24, 2.45) is 5.92 Å². The molecule has 0 heterocycles. The third-order valence-electron chi connectivity index (χ3n) is 4.43. The molecule has 0 saturated heterocycles. The molecule has 1 aromatic carbocycles. The Bertz CT molecular complexity index is 439. The lowest BCUT2D eigenvalue weighted by atomic mass is 9.95. The predicted molar refractivity (Wildman–Crippen MR) is 80.7 cm³/mol. The minimum atomic E-state index is -2.78. The summed E-state index contributed by atoms with van der Waals surface area (Å²) in [7, 11) is 0. The van der Waals surface area contributed by atoms with Crippen molar-refractivity contribution in [2.45, 2.75) is 64.6 Å². The van der Waals surface area contributed by atoms with E-state index >= 15 is 0 Å². The minimum Gasteiger partial charge on any atom is -0.434 e. The molecule has 1 aromatic rings. The van der Waals surface area contributed by atoms with E-state index in [4.69, 9.17) is 0 Å². The maximum atomic E-state index is 12.5. The molecule has 0 aromatic heterocycles. The van der Waals surface area contributed by atoms with Crippen molar-refractivity contribution in [1.82, 2.24) is 5.32 Å².